The Labute approximate surface area is 122 Å². The molecule has 0 radical (unpaired) electrons. The first-order valence-corrected chi connectivity index (χ1v) is 6.58. The summed E-state index contributed by atoms with van der Waals surface area (Å²) in [5.41, 5.74) is 2.52. The van der Waals surface area contributed by atoms with Crippen LogP contribution >= 0.6 is 23.2 Å². The molecule has 0 aliphatic heterocycles. The number of hydrogen-bond acceptors (Lipinski definition) is 2. The van der Waals surface area contributed by atoms with E-state index in [0.29, 0.717) is 22.2 Å². The third-order valence-corrected chi connectivity index (χ3v) is 3.58. The first kappa shape index (κ1) is 14.4. The molecule has 1 N–H and O–H groups in total. The number of rotatable bonds is 4. The largest absolute Gasteiger partial charge is 0.384 e. The van der Waals surface area contributed by atoms with E-state index in [1.807, 2.05) is 24.3 Å². The van der Waals surface area contributed by atoms with Crippen LogP contribution < -0.4 is 0 Å². The third-order valence-electron chi connectivity index (χ3n) is 2.84. The van der Waals surface area contributed by atoms with Crippen molar-refractivity contribution in [3.05, 3.63) is 69.2 Å². The van der Waals surface area contributed by atoms with Crippen LogP contribution in [-0.2, 0) is 11.3 Å². The molecule has 2 nitrogen and oxygen atoms in total. The highest BCUT2D eigenvalue weighted by Gasteiger charge is 2.12. The van der Waals surface area contributed by atoms with Crippen LogP contribution in [-0.4, -0.2) is 12.2 Å². The second-order valence-electron chi connectivity index (χ2n) is 4.25. The Morgan fingerprint density at radius 3 is 2.47 bits per heavy atom. The third kappa shape index (κ3) is 3.48. The molecule has 0 fully saturated rings. The first-order valence-electron chi connectivity index (χ1n) is 5.82. The minimum atomic E-state index is -0.730. The molecule has 0 aliphatic rings. The van der Waals surface area contributed by atoms with E-state index in [1.165, 1.54) is 0 Å². The van der Waals surface area contributed by atoms with Crippen LogP contribution in [0.3, 0.4) is 0 Å². The van der Waals surface area contributed by atoms with Crippen molar-refractivity contribution in [3.8, 4) is 0 Å². The number of halogens is 2. The molecule has 2 aromatic carbocycles. The molecule has 0 saturated carbocycles. The Balaban J connectivity index is 2.29. The zero-order chi connectivity index (χ0) is 13.8. The van der Waals surface area contributed by atoms with E-state index in [-0.39, 0.29) is 0 Å². The minimum absolute atomic E-state index is 0.436. The maximum atomic E-state index is 10.4. The van der Waals surface area contributed by atoms with Crippen molar-refractivity contribution in [2.45, 2.75) is 12.7 Å². The summed E-state index contributed by atoms with van der Waals surface area (Å²) >= 11 is 11.8. The molecule has 0 spiro atoms. The Hall–Kier alpha value is -1.06. The average molecular weight is 297 g/mol. The van der Waals surface area contributed by atoms with Gasteiger partial charge in [-0.05, 0) is 28.8 Å². The molecular weight excluding hydrogens is 283 g/mol. The topological polar surface area (TPSA) is 29.5 Å². The minimum Gasteiger partial charge on any atom is -0.384 e. The van der Waals surface area contributed by atoms with Crippen molar-refractivity contribution in [1.29, 1.82) is 0 Å². The maximum Gasteiger partial charge on any atom is 0.104 e. The zero-order valence-corrected chi connectivity index (χ0v) is 11.9. The highest BCUT2D eigenvalue weighted by Crippen LogP contribution is 2.29. The van der Waals surface area contributed by atoms with Crippen molar-refractivity contribution >= 4 is 23.2 Å². The van der Waals surface area contributed by atoms with Gasteiger partial charge in [-0.15, -0.1) is 0 Å². The van der Waals surface area contributed by atoms with E-state index in [1.54, 1.807) is 25.3 Å². The van der Waals surface area contributed by atoms with Crippen LogP contribution in [0.1, 0.15) is 22.8 Å². The number of aliphatic hydroxyl groups excluding tert-OH is 1. The highest BCUT2D eigenvalue weighted by atomic mass is 35.5. The summed E-state index contributed by atoms with van der Waals surface area (Å²) in [5.74, 6) is 0. The molecule has 1 atom stereocenters. The fourth-order valence-electron chi connectivity index (χ4n) is 1.89. The predicted molar refractivity (Wildman–Crippen MR) is 77.7 cm³/mol. The lowest BCUT2D eigenvalue weighted by molar-refractivity contribution is 0.184. The lowest BCUT2D eigenvalue weighted by atomic mass is 10.00. The number of aliphatic hydroxyl groups is 1. The molecule has 0 aromatic heterocycles. The molecule has 100 valence electrons. The van der Waals surface area contributed by atoms with Crippen LogP contribution in [0.4, 0.5) is 0 Å². The number of benzene rings is 2. The van der Waals surface area contributed by atoms with Crippen molar-refractivity contribution < 1.29 is 9.84 Å². The lowest BCUT2D eigenvalue weighted by Gasteiger charge is -2.13. The van der Waals surface area contributed by atoms with Gasteiger partial charge in [0.1, 0.15) is 6.10 Å². The fourth-order valence-corrected chi connectivity index (χ4v) is 2.20. The zero-order valence-electron chi connectivity index (χ0n) is 10.4. The van der Waals surface area contributed by atoms with E-state index < -0.39 is 6.10 Å². The Morgan fingerprint density at radius 2 is 1.79 bits per heavy atom. The van der Waals surface area contributed by atoms with Gasteiger partial charge in [0.2, 0.25) is 0 Å². The van der Waals surface area contributed by atoms with E-state index in [0.717, 1.165) is 11.1 Å². The normalized spacial score (nSPS) is 12.4. The average Bonchev–Trinajstić information content (AvgIpc) is 2.42. The second kappa shape index (κ2) is 6.40. The van der Waals surface area contributed by atoms with E-state index >= 15 is 0 Å². The molecule has 0 bridgehead atoms. The van der Waals surface area contributed by atoms with Gasteiger partial charge in [0.15, 0.2) is 0 Å². The van der Waals surface area contributed by atoms with E-state index in [9.17, 15) is 5.11 Å². The van der Waals surface area contributed by atoms with Gasteiger partial charge in [0.25, 0.3) is 0 Å². The smallest absolute Gasteiger partial charge is 0.104 e. The fraction of sp³-hybridized carbons (Fsp3) is 0.200. The molecule has 4 heteroatoms. The van der Waals surface area contributed by atoms with Crippen LogP contribution in [0.25, 0.3) is 0 Å². The predicted octanol–water partition coefficient (Wildman–Crippen LogP) is 4.22. The van der Waals surface area contributed by atoms with Gasteiger partial charge in [-0.25, -0.2) is 0 Å². The van der Waals surface area contributed by atoms with Crippen molar-refractivity contribution in [1.82, 2.24) is 0 Å². The Morgan fingerprint density at radius 1 is 1.05 bits per heavy atom. The van der Waals surface area contributed by atoms with E-state index in [2.05, 4.69) is 0 Å². The van der Waals surface area contributed by atoms with Gasteiger partial charge in [-0.3, -0.25) is 0 Å². The van der Waals surface area contributed by atoms with Crippen LogP contribution in [0.2, 0.25) is 10.0 Å². The summed E-state index contributed by atoms with van der Waals surface area (Å²) in [5, 5.41) is 11.3. The Bertz CT molecular complexity index is 570. The van der Waals surface area contributed by atoms with Crippen LogP contribution in [0, 0.1) is 0 Å². The van der Waals surface area contributed by atoms with Gasteiger partial charge in [-0.1, -0.05) is 53.5 Å². The first-order chi connectivity index (χ1) is 9.11. The summed E-state index contributed by atoms with van der Waals surface area (Å²) in [4.78, 5) is 0. The number of hydrogen-bond donors (Lipinski definition) is 1. The quantitative estimate of drug-likeness (QED) is 0.915. The molecule has 0 amide bonds. The van der Waals surface area contributed by atoms with Crippen molar-refractivity contribution in [3.63, 3.8) is 0 Å². The molecule has 2 rings (SSSR count). The van der Waals surface area contributed by atoms with Crippen molar-refractivity contribution in [2.75, 3.05) is 7.11 Å². The van der Waals surface area contributed by atoms with Gasteiger partial charge < -0.3 is 9.84 Å². The van der Waals surface area contributed by atoms with Crippen LogP contribution in [0.5, 0.6) is 0 Å². The maximum absolute atomic E-state index is 10.4. The Kier molecular flexibility index (Phi) is 4.83. The SMILES string of the molecule is COCc1cccc(C(O)c2ccc(Cl)c(Cl)c2)c1. The lowest BCUT2D eigenvalue weighted by Crippen LogP contribution is -2.01. The van der Waals surface area contributed by atoms with Gasteiger partial charge in [-0.2, -0.15) is 0 Å². The second-order valence-corrected chi connectivity index (χ2v) is 5.07. The summed E-state index contributed by atoms with van der Waals surface area (Å²) in [6, 6.07) is 12.8. The monoisotopic (exact) mass is 296 g/mol. The summed E-state index contributed by atoms with van der Waals surface area (Å²) in [7, 11) is 1.64. The summed E-state index contributed by atoms with van der Waals surface area (Å²) in [6.45, 7) is 0.516. The molecular formula is C15H14Cl2O2. The molecule has 0 heterocycles. The van der Waals surface area contributed by atoms with E-state index in [4.69, 9.17) is 27.9 Å². The van der Waals surface area contributed by atoms with Gasteiger partial charge in [0.05, 0.1) is 16.7 Å². The standard InChI is InChI=1S/C15H14Cl2O2/c1-19-9-10-3-2-4-11(7-10)15(18)12-5-6-13(16)14(17)8-12/h2-8,15,18H,9H2,1H3. The van der Waals surface area contributed by atoms with Crippen molar-refractivity contribution in [2.24, 2.45) is 0 Å². The molecule has 19 heavy (non-hydrogen) atoms. The molecule has 0 saturated heterocycles. The molecule has 0 aliphatic carbocycles. The molecule has 2 aromatic rings. The molecule has 1 unspecified atom stereocenters. The summed E-state index contributed by atoms with van der Waals surface area (Å²) < 4.78 is 5.08. The van der Waals surface area contributed by atoms with Gasteiger partial charge in [0, 0.05) is 7.11 Å². The number of methoxy groups -OCH3 is 1. The van der Waals surface area contributed by atoms with Gasteiger partial charge >= 0.3 is 0 Å². The highest BCUT2D eigenvalue weighted by molar-refractivity contribution is 6.42. The number of ether oxygens (including phenoxy) is 1. The van der Waals surface area contributed by atoms with Crippen LogP contribution in [0.15, 0.2) is 42.5 Å². The summed E-state index contributed by atoms with van der Waals surface area (Å²) in [6.07, 6.45) is -0.730.